The lowest BCUT2D eigenvalue weighted by atomic mass is 10.2. The molecular weight excluding hydrogens is 423 g/mol. The van der Waals surface area contributed by atoms with Crippen LogP contribution in [0.25, 0.3) is 0 Å². The van der Waals surface area contributed by atoms with E-state index >= 15 is 0 Å². The fraction of sp³-hybridized carbons (Fsp3) is 0.333. The summed E-state index contributed by atoms with van der Waals surface area (Å²) in [4.78, 5) is 0. The number of aromatic nitrogens is 2. The molecule has 0 unspecified atom stereocenters. The van der Waals surface area contributed by atoms with Gasteiger partial charge in [-0.3, -0.25) is 0 Å². The van der Waals surface area contributed by atoms with Gasteiger partial charge in [-0.2, -0.15) is 28.0 Å². The van der Waals surface area contributed by atoms with Gasteiger partial charge in [-0.05, 0) is 25.0 Å². The normalized spacial score (nSPS) is 11.3. The Labute approximate surface area is 165 Å². The molecule has 0 spiro atoms. The van der Waals surface area contributed by atoms with Crippen molar-refractivity contribution in [2.75, 3.05) is 0 Å². The number of halogens is 2. The third-order valence-electron chi connectivity index (χ3n) is 2.96. The monoisotopic (exact) mass is 444 g/mol. The number of rotatable bonds is 4. The molecule has 0 bridgehead atoms. The van der Waals surface area contributed by atoms with Crippen LogP contribution in [0.3, 0.4) is 0 Å². The van der Waals surface area contributed by atoms with E-state index in [1.165, 1.54) is 11.1 Å². The molecule has 0 aliphatic carbocycles. The Balaban J connectivity index is 0.000000607. The quantitative estimate of drug-likeness (QED) is 0.382. The van der Waals surface area contributed by atoms with E-state index in [-0.39, 0.29) is 6.10 Å². The summed E-state index contributed by atoms with van der Waals surface area (Å²) in [5, 5.41) is 10.1. The van der Waals surface area contributed by atoms with Gasteiger partial charge in [0.05, 0.1) is 29.8 Å². The first-order valence-corrected chi connectivity index (χ1v) is 10.0. The number of aryl methyl sites for hydroxylation is 2. The van der Waals surface area contributed by atoms with Crippen molar-refractivity contribution in [2.45, 2.75) is 33.0 Å². The topological polar surface area (TPSA) is 207 Å². The Morgan fingerprint density at radius 2 is 0.929 bits per heavy atom. The lowest BCUT2D eigenvalue weighted by molar-refractivity contribution is -1.92. The third-order valence-corrected chi connectivity index (χ3v) is 2.96. The van der Waals surface area contributed by atoms with Gasteiger partial charge in [0, 0.05) is 24.3 Å². The van der Waals surface area contributed by atoms with E-state index in [2.05, 4.69) is 13.8 Å². The summed E-state index contributed by atoms with van der Waals surface area (Å²) >= 11 is 0. The van der Waals surface area contributed by atoms with E-state index in [1.54, 1.807) is 0 Å². The van der Waals surface area contributed by atoms with Crippen molar-refractivity contribution in [2.24, 2.45) is 0 Å². The highest BCUT2D eigenvalue weighted by Crippen LogP contribution is 1.93. The number of pyridine rings is 2. The minimum absolute atomic E-state index is 0.384. The zero-order chi connectivity index (χ0) is 22.0. The van der Waals surface area contributed by atoms with Crippen LogP contribution in [0.5, 0.6) is 0 Å². The lowest BCUT2D eigenvalue weighted by Gasteiger charge is -2.04. The van der Waals surface area contributed by atoms with Gasteiger partial charge in [0.1, 0.15) is 0 Å². The standard InChI is InChI=1S/C15H20N2O.2ClHO4/c1-13-3-7-16(8-4-13)11-15(18)12-17-9-5-14(2)6-10-17;2*2-1(3,4)5/h3-10,15,18H,11-12H2,1-2H3;2*(H,2,3,4,5)/q+2;;. The van der Waals surface area contributed by atoms with Gasteiger partial charge in [0.2, 0.25) is 0 Å². The first-order chi connectivity index (χ1) is 12.6. The van der Waals surface area contributed by atoms with Gasteiger partial charge in [0.25, 0.3) is 0 Å². The molecule has 0 aliphatic rings. The molecular formula is C15H22Cl2N2O9+2. The molecule has 0 amide bonds. The minimum atomic E-state index is -4.69. The molecule has 3 N–H and O–H groups in total. The maximum atomic E-state index is 10.1. The smallest absolute Gasteiger partial charge is 0.180 e. The zero-order valence-electron chi connectivity index (χ0n) is 15.1. The molecule has 0 aromatic carbocycles. The molecule has 13 heteroatoms. The molecule has 2 aromatic rings. The Bertz CT molecular complexity index is 602. The van der Waals surface area contributed by atoms with E-state index in [1.807, 2.05) is 58.2 Å². The van der Waals surface area contributed by atoms with Crippen molar-refractivity contribution < 1.29 is 72.0 Å². The highest BCUT2D eigenvalue weighted by atomic mass is 35.7. The molecule has 28 heavy (non-hydrogen) atoms. The number of hydrogen-bond donors (Lipinski definition) is 3. The zero-order valence-corrected chi connectivity index (χ0v) is 16.6. The van der Waals surface area contributed by atoms with Crippen LogP contribution in [0.2, 0.25) is 0 Å². The first kappa shape index (κ1) is 26.5. The average Bonchev–Trinajstić information content (AvgIpc) is 2.49. The molecule has 0 atom stereocenters. The van der Waals surface area contributed by atoms with Crippen LogP contribution < -0.4 is 37.1 Å². The number of hydrogen-bond acceptors (Lipinski definition) is 9. The summed E-state index contributed by atoms with van der Waals surface area (Å²) in [7, 11) is -9.39. The van der Waals surface area contributed by atoms with E-state index < -0.39 is 20.5 Å². The van der Waals surface area contributed by atoms with Gasteiger partial charge >= 0.3 is 0 Å². The van der Waals surface area contributed by atoms with Crippen molar-refractivity contribution in [3.05, 3.63) is 60.2 Å². The van der Waals surface area contributed by atoms with Crippen LogP contribution in [-0.4, -0.2) is 20.5 Å². The number of nitrogens with zero attached hydrogens (tertiary/aromatic N) is 2. The Hall–Kier alpha value is -1.48. The number of aliphatic hydroxyl groups is 1. The van der Waals surface area contributed by atoms with Crippen LogP contribution in [0.15, 0.2) is 49.1 Å². The van der Waals surface area contributed by atoms with Crippen molar-refractivity contribution in [3.8, 4) is 0 Å². The molecule has 2 aromatic heterocycles. The summed E-state index contributed by atoms with van der Waals surface area (Å²) in [6.07, 6.45) is 7.61. The first-order valence-electron chi connectivity index (χ1n) is 7.49. The highest BCUT2D eigenvalue weighted by molar-refractivity contribution is 5.03. The second-order valence-corrected chi connectivity index (χ2v) is 7.17. The maximum Gasteiger partial charge on any atom is 0.180 e. The summed E-state index contributed by atoms with van der Waals surface area (Å²) in [6, 6.07) is 8.19. The molecule has 2 heterocycles. The van der Waals surface area contributed by atoms with Crippen molar-refractivity contribution in [3.63, 3.8) is 0 Å². The predicted molar refractivity (Wildman–Crippen MR) is 73.2 cm³/mol. The second kappa shape index (κ2) is 12.2. The molecule has 0 aliphatic heterocycles. The fourth-order valence-corrected chi connectivity index (χ4v) is 1.85. The van der Waals surface area contributed by atoms with E-state index in [4.69, 9.17) is 37.3 Å². The average molecular weight is 445 g/mol. The van der Waals surface area contributed by atoms with Crippen LogP contribution in [0, 0.1) is 34.3 Å². The van der Waals surface area contributed by atoms with Crippen molar-refractivity contribution in [1.29, 1.82) is 0 Å². The van der Waals surface area contributed by atoms with Crippen molar-refractivity contribution in [1.82, 2.24) is 0 Å². The second-order valence-electron chi connectivity index (χ2n) is 5.59. The molecule has 0 fully saturated rings. The summed E-state index contributed by atoms with van der Waals surface area (Å²) in [5.74, 6) is 0. The summed E-state index contributed by atoms with van der Waals surface area (Å²) in [5.41, 5.74) is 2.46. The molecule has 2 rings (SSSR count). The Morgan fingerprint density at radius 3 is 1.14 bits per heavy atom. The van der Waals surface area contributed by atoms with Crippen LogP contribution in [0.4, 0.5) is 0 Å². The summed E-state index contributed by atoms with van der Waals surface area (Å²) in [6.45, 7) is 5.34. The van der Waals surface area contributed by atoms with Gasteiger partial charge in [-0.25, -0.2) is 9.13 Å². The van der Waals surface area contributed by atoms with Crippen molar-refractivity contribution >= 4 is 0 Å². The van der Waals surface area contributed by atoms with E-state index in [0.29, 0.717) is 13.1 Å². The molecule has 158 valence electrons. The van der Waals surface area contributed by atoms with Crippen LogP contribution in [0.1, 0.15) is 11.1 Å². The predicted octanol–water partition coefficient (Wildman–Crippen LogP) is -7.31. The summed E-state index contributed by atoms with van der Waals surface area (Å²) < 4.78 is 69.5. The third kappa shape index (κ3) is 19.3. The van der Waals surface area contributed by atoms with E-state index in [9.17, 15) is 5.11 Å². The minimum Gasteiger partial charge on any atom is -0.381 e. The molecule has 0 saturated heterocycles. The largest absolute Gasteiger partial charge is 0.381 e. The van der Waals surface area contributed by atoms with Crippen LogP contribution in [-0.2, 0) is 13.1 Å². The Morgan fingerprint density at radius 1 is 0.714 bits per heavy atom. The molecule has 0 saturated carbocycles. The fourth-order valence-electron chi connectivity index (χ4n) is 1.85. The van der Waals surface area contributed by atoms with Gasteiger partial charge in [-0.15, -0.1) is 0 Å². The van der Waals surface area contributed by atoms with Gasteiger partial charge < -0.3 is 5.11 Å². The number of aliphatic hydroxyl groups excluding tert-OH is 1. The van der Waals surface area contributed by atoms with Gasteiger partial charge in [0.15, 0.2) is 44.0 Å². The van der Waals surface area contributed by atoms with E-state index in [0.717, 1.165) is 0 Å². The lowest BCUT2D eigenvalue weighted by Crippen LogP contribution is -2.58. The molecule has 11 nitrogen and oxygen atoms in total. The highest BCUT2D eigenvalue weighted by Gasteiger charge is 2.15. The SMILES string of the molecule is Cc1cc[n+](CC(O)C[n+]2ccc(C)cc2)cc1.[O-][Cl+3]([O-])([O-])O.[O-][Cl+3]([O-])([O-])O. The van der Waals surface area contributed by atoms with Gasteiger partial charge in [-0.1, -0.05) is 0 Å². The maximum absolute atomic E-state index is 10.1. The Kier molecular flexibility index (Phi) is 11.5. The van der Waals surface area contributed by atoms with Crippen LogP contribution >= 0.6 is 0 Å². The molecule has 0 radical (unpaired) electrons.